The van der Waals surface area contributed by atoms with E-state index in [1.165, 1.54) is 0 Å². The molecule has 1 N–H and O–H groups in total. The number of para-hydroxylation sites is 1. The minimum Gasteiger partial charge on any atom is -0.372 e. The van der Waals surface area contributed by atoms with E-state index in [4.69, 9.17) is 4.74 Å². The van der Waals surface area contributed by atoms with Crippen LogP contribution in [0.1, 0.15) is 31.9 Å². The molecule has 0 radical (unpaired) electrons. The molecule has 0 aromatic heterocycles. The molecule has 26 heavy (non-hydrogen) atoms. The second-order valence-corrected chi connectivity index (χ2v) is 7.41. The second-order valence-electron chi connectivity index (χ2n) is 7.41. The van der Waals surface area contributed by atoms with E-state index < -0.39 is 0 Å². The van der Waals surface area contributed by atoms with Crippen molar-refractivity contribution in [3.05, 3.63) is 29.3 Å². The van der Waals surface area contributed by atoms with Gasteiger partial charge in [0.2, 0.25) is 11.8 Å². The largest absolute Gasteiger partial charge is 0.372 e. The van der Waals surface area contributed by atoms with Crippen molar-refractivity contribution in [3.63, 3.8) is 0 Å². The molecule has 1 fully saturated rings. The number of hydrogen-bond acceptors (Lipinski definition) is 4. The van der Waals surface area contributed by atoms with Gasteiger partial charge in [0.15, 0.2) is 0 Å². The minimum atomic E-state index is -0.365. The van der Waals surface area contributed by atoms with E-state index in [0.29, 0.717) is 13.1 Å². The quantitative estimate of drug-likeness (QED) is 0.873. The Morgan fingerprint density at radius 1 is 1.23 bits per heavy atom. The van der Waals surface area contributed by atoms with Crippen molar-refractivity contribution in [1.82, 2.24) is 9.80 Å². The number of nitrogens with one attached hydrogen (secondary N) is 1. The van der Waals surface area contributed by atoms with Crippen LogP contribution in [0.3, 0.4) is 0 Å². The number of morpholine rings is 1. The molecule has 2 amide bonds. The number of rotatable bonds is 5. The predicted molar refractivity (Wildman–Crippen MR) is 103 cm³/mol. The lowest BCUT2D eigenvalue weighted by Crippen LogP contribution is -2.54. The van der Waals surface area contributed by atoms with Crippen LogP contribution in [-0.2, 0) is 14.3 Å². The number of amides is 2. The van der Waals surface area contributed by atoms with E-state index in [1.54, 1.807) is 11.9 Å². The highest BCUT2D eigenvalue weighted by Gasteiger charge is 2.30. The summed E-state index contributed by atoms with van der Waals surface area (Å²) in [6.45, 7) is 11.1. The first-order valence-electron chi connectivity index (χ1n) is 9.19. The SMILES string of the molecule is Cc1cccc(C)c1NC(=O)CN(C)[C@H](C)C(=O)N1C[C@@H](C)O[C@H](C)C1. The topological polar surface area (TPSA) is 61.9 Å². The van der Waals surface area contributed by atoms with Crippen LogP contribution in [0.2, 0.25) is 0 Å². The zero-order valence-electron chi connectivity index (χ0n) is 16.7. The van der Waals surface area contributed by atoms with Crippen molar-refractivity contribution in [2.24, 2.45) is 0 Å². The Morgan fingerprint density at radius 3 is 2.31 bits per heavy atom. The standard InChI is InChI=1S/C20H31N3O3/c1-13-8-7-9-14(2)19(13)21-18(24)12-22(6)17(5)20(25)23-10-15(3)26-16(4)11-23/h7-9,15-17H,10-12H2,1-6H3,(H,21,24)/t15-,16-,17-/m1/s1. The lowest BCUT2D eigenvalue weighted by molar-refractivity contribution is -0.148. The number of ether oxygens (including phenoxy) is 1. The Hall–Kier alpha value is -1.92. The third-order valence-corrected chi connectivity index (χ3v) is 4.89. The van der Waals surface area contributed by atoms with Crippen molar-refractivity contribution < 1.29 is 14.3 Å². The Kier molecular flexibility index (Phi) is 6.78. The highest BCUT2D eigenvalue weighted by molar-refractivity contribution is 5.94. The van der Waals surface area contributed by atoms with Gasteiger partial charge in [0.1, 0.15) is 0 Å². The van der Waals surface area contributed by atoms with Crippen LogP contribution in [0.25, 0.3) is 0 Å². The third kappa shape index (κ3) is 5.05. The third-order valence-electron chi connectivity index (χ3n) is 4.89. The van der Waals surface area contributed by atoms with E-state index in [0.717, 1.165) is 16.8 Å². The van der Waals surface area contributed by atoms with Gasteiger partial charge in [0.25, 0.3) is 0 Å². The maximum absolute atomic E-state index is 12.8. The second kappa shape index (κ2) is 8.64. The number of likely N-dealkylation sites (N-methyl/N-ethyl adjacent to an activating group) is 1. The molecule has 0 spiro atoms. The predicted octanol–water partition coefficient (Wildman–Crippen LogP) is 2.20. The van der Waals surface area contributed by atoms with Gasteiger partial charge in [-0.3, -0.25) is 14.5 Å². The molecule has 1 aliphatic heterocycles. The van der Waals surface area contributed by atoms with E-state index in [2.05, 4.69) is 5.32 Å². The van der Waals surface area contributed by atoms with E-state index >= 15 is 0 Å². The summed E-state index contributed by atoms with van der Waals surface area (Å²) < 4.78 is 5.69. The maximum atomic E-state index is 12.8. The van der Waals surface area contributed by atoms with Crippen LogP contribution >= 0.6 is 0 Å². The fourth-order valence-corrected chi connectivity index (χ4v) is 3.36. The highest BCUT2D eigenvalue weighted by atomic mass is 16.5. The Labute approximate surface area is 156 Å². The van der Waals surface area contributed by atoms with Gasteiger partial charge in [0.05, 0.1) is 24.8 Å². The van der Waals surface area contributed by atoms with Crippen molar-refractivity contribution >= 4 is 17.5 Å². The van der Waals surface area contributed by atoms with Crippen LogP contribution < -0.4 is 5.32 Å². The van der Waals surface area contributed by atoms with Gasteiger partial charge in [-0.25, -0.2) is 0 Å². The molecule has 6 heteroatoms. The van der Waals surface area contributed by atoms with Crippen LogP contribution in [0.5, 0.6) is 0 Å². The summed E-state index contributed by atoms with van der Waals surface area (Å²) >= 11 is 0. The van der Waals surface area contributed by atoms with Crippen molar-refractivity contribution in [1.29, 1.82) is 0 Å². The first kappa shape index (κ1) is 20.4. The summed E-state index contributed by atoms with van der Waals surface area (Å²) in [5.41, 5.74) is 2.91. The van der Waals surface area contributed by atoms with Gasteiger partial charge >= 0.3 is 0 Å². The Balaban J connectivity index is 1.94. The Bertz CT molecular complexity index is 631. The van der Waals surface area contributed by atoms with E-state index in [9.17, 15) is 9.59 Å². The first-order valence-corrected chi connectivity index (χ1v) is 9.19. The van der Waals surface area contributed by atoms with Gasteiger partial charge < -0.3 is 15.0 Å². The molecule has 0 unspecified atom stereocenters. The summed E-state index contributed by atoms with van der Waals surface area (Å²) in [5, 5.41) is 2.97. The molecular formula is C20H31N3O3. The molecule has 144 valence electrons. The summed E-state index contributed by atoms with van der Waals surface area (Å²) in [6.07, 6.45) is 0.0695. The smallest absolute Gasteiger partial charge is 0.239 e. The highest BCUT2D eigenvalue weighted by Crippen LogP contribution is 2.19. The normalized spacial score (nSPS) is 21.6. The lowest BCUT2D eigenvalue weighted by Gasteiger charge is -2.38. The van der Waals surface area contributed by atoms with Crippen molar-refractivity contribution in [2.75, 3.05) is 32.0 Å². The average molecular weight is 361 g/mol. The zero-order valence-corrected chi connectivity index (χ0v) is 16.7. The molecule has 1 aromatic rings. The van der Waals surface area contributed by atoms with Gasteiger partial charge in [-0.15, -0.1) is 0 Å². The fourth-order valence-electron chi connectivity index (χ4n) is 3.36. The summed E-state index contributed by atoms with van der Waals surface area (Å²) in [6, 6.07) is 5.55. The molecule has 1 aliphatic rings. The average Bonchev–Trinajstić information content (AvgIpc) is 2.56. The van der Waals surface area contributed by atoms with Crippen molar-refractivity contribution in [2.45, 2.75) is 52.9 Å². The molecule has 0 bridgehead atoms. The molecule has 1 saturated heterocycles. The molecule has 2 rings (SSSR count). The fraction of sp³-hybridized carbons (Fsp3) is 0.600. The molecule has 1 heterocycles. The lowest BCUT2D eigenvalue weighted by atomic mass is 10.1. The monoisotopic (exact) mass is 361 g/mol. The maximum Gasteiger partial charge on any atom is 0.239 e. The van der Waals surface area contributed by atoms with Gasteiger partial charge in [-0.1, -0.05) is 18.2 Å². The summed E-state index contributed by atoms with van der Waals surface area (Å²) in [4.78, 5) is 28.8. The molecule has 3 atom stereocenters. The number of carbonyl (C=O) groups excluding carboxylic acids is 2. The first-order chi connectivity index (χ1) is 12.2. The molecule has 0 saturated carbocycles. The zero-order chi connectivity index (χ0) is 19.4. The number of nitrogens with zero attached hydrogens (tertiary/aromatic N) is 2. The number of carbonyl (C=O) groups is 2. The number of anilines is 1. The van der Waals surface area contributed by atoms with E-state index in [1.807, 2.05) is 57.7 Å². The summed E-state index contributed by atoms with van der Waals surface area (Å²) in [5.74, 6) is -0.0809. The van der Waals surface area contributed by atoms with Crippen LogP contribution in [-0.4, -0.2) is 66.5 Å². The van der Waals surface area contributed by atoms with Gasteiger partial charge in [-0.2, -0.15) is 0 Å². The van der Waals surface area contributed by atoms with Gasteiger partial charge in [-0.05, 0) is 52.8 Å². The number of benzene rings is 1. The number of hydrogen-bond donors (Lipinski definition) is 1. The summed E-state index contributed by atoms with van der Waals surface area (Å²) in [7, 11) is 1.81. The molecule has 1 aromatic carbocycles. The van der Waals surface area contributed by atoms with E-state index in [-0.39, 0.29) is 36.6 Å². The van der Waals surface area contributed by atoms with Crippen molar-refractivity contribution in [3.8, 4) is 0 Å². The molecular weight excluding hydrogens is 330 g/mol. The van der Waals surface area contributed by atoms with Crippen LogP contribution in [0.15, 0.2) is 18.2 Å². The molecule has 6 nitrogen and oxygen atoms in total. The van der Waals surface area contributed by atoms with Gasteiger partial charge in [0, 0.05) is 18.8 Å². The minimum absolute atomic E-state index is 0.0348. The van der Waals surface area contributed by atoms with Crippen LogP contribution in [0, 0.1) is 13.8 Å². The van der Waals surface area contributed by atoms with Crippen LogP contribution in [0.4, 0.5) is 5.69 Å². The number of aryl methyl sites for hydroxylation is 2. The molecule has 0 aliphatic carbocycles. The Morgan fingerprint density at radius 2 is 1.77 bits per heavy atom.